The van der Waals surface area contributed by atoms with Crippen LogP contribution in [0.15, 0.2) is 60.0 Å². The highest BCUT2D eigenvalue weighted by molar-refractivity contribution is 7.89. The summed E-state index contributed by atoms with van der Waals surface area (Å²) in [6, 6.07) is 9.01. The van der Waals surface area contributed by atoms with Gasteiger partial charge in [0.25, 0.3) is 15.9 Å². The Balaban J connectivity index is 1.68. The number of hydrogen-bond donors (Lipinski definition) is 1. The van der Waals surface area contributed by atoms with E-state index in [1.807, 2.05) is 0 Å². The minimum Gasteiger partial charge on any atom is -0.347 e. The zero-order valence-corrected chi connectivity index (χ0v) is 20.5. The third kappa shape index (κ3) is 5.04. The number of hydrogen-bond acceptors (Lipinski definition) is 4. The van der Waals surface area contributed by atoms with Crippen molar-refractivity contribution in [2.24, 2.45) is 7.05 Å². The molecule has 2 atom stereocenters. The van der Waals surface area contributed by atoms with Gasteiger partial charge >= 0.3 is 6.18 Å². The number of halogens is 5. The van der Waals surface area contributed by atoms with Gasteiger partial charge in [-0.2, -0.15) is 17.5 Å². The molecule has 3 aromatic rings. The van der Waals surface area contributed by atoms with E-state index in [-0.39, 0.29) is 23.7 Å². The predicted octanol–water partition coefficient (Wildman–Crippen LogP) is 4.33. The number of alkyl halides is 3. The van der Waals surface area contributed by atoms with E-state index in [0.717, 1.165) is 12.1 Å². The van der Waals surface area contributed by atoms with Gasteiger partial charge in [0.15, 0.2) is 5.03 Å². The summed E-state index contributed by atoms with van der Waals surface area (Å²) in [5.74, 6) is -1.43. The van der Waals surface area contributed by atoms with E-state index < -0.39 is 44.7 Å². The average Bonchev–Trinajstić information content (AvgIpc) is 3.40. The summed E-state index contributed by atoms with van der Waals surface area (Å²) in [6.07, 6.45) is -2.04. The molecular weight excluding hydrogens is 528 g/mol. The van der Waals surface area contributed by atoms with Crippen LogP contribution in [0.3, 0.4) is 0 Å². The molecule has 0 aliphatic carbocycles. The van der Waals surface area contributed by atoms with E-state index >= 15 is 0 Å². The summed E-state index contributed by atoms with van der Waals surface area (Å²) in [5, 5.41) is 2.14. The van der Waals surface area contributed by atoms with Crippen molar-refractivity contribution >= 4 is 39.1 Å². The van der Waals surface area contributed by atoms with Gasteiger partial charge in [-0.05, 0) is 23.8 Å². The lowest BCUT2D eigenvalue weighted by molar-refractivity contribution is -0.137. The first-order valence-corrected chi connectivity index (χ1v) is 12.5. The Hall–Kier alpha value is -2.60. The molecule has 2 heterocycles. The third-order valence-corrected chi connectivity index (χ3v) is 8.21. The van der Waals surface area contributed by atoms with E-state index in [1.165, 1.54) is 27.5 Å². The van der Waals surface area contributed by atoms with Crippen molar-refractivity contribution in [2.45, 2.75) is 23.2 Å². The second-order valence-electron chi connectivity index (χ2n) is 8.07. The molecular formula is C22H19Cl2F3N4O3S. The zero-order chi connectivity index (χ0) is 25.5. The summed E-state index contributed by atoms with van der Waals surface area (Å²) < 4.78 is 68.8. The SMILES string of the molecule is Cn1cnc(S(=O)(=O)N2CC(NC(=O)c3cccc(C(F)(F)F)c3Cl)C(c3ccccc3Cl)C2)c1. The number of carbonyl (C=O) groups is 1. The number of rotatable bonds is 5. The lowest BCUT2D eigenvalue weighted by atomic mass is 9.94. The molecule has 0 bridgehead atoms. The van der Waals surface area contributed by atoms with Gasteiger partial charge in [-0.1, -0.05) is 47.5 Å². The molecule has 7 nitrogen and oxygen atoms in total. The maximum atomic E-state index is 13.3. The van der Waals surface area contributed by atoms with Crippen molar-refractivity contribution in [2.75, 3.05) is 13.1 Å². The molecule has 1 N–H and O–H groups in total. The highest BCUT2D eigenvalue weighted by Crippen LogP contribution is 2.37. The van der Waals surface area contributed by atoms with Crippen LogP contribution >= 0.6 is 23.2 Å². The van der Waals surface area contributed by atoms with E-state index in [4.69, 9.17) is 23.2 Å². The van der Waals surface area contributed by atoms with Gasteiger partial charge in [-0.15, -0.1) is 0 Å². The molecule has 0 radical (unpaired) electrons. The Kier molecular flexibility index (Phi) is 6.89. The summed E-state index contributed by atoms with van der Waals surface area (Å²) in [5.41, 5.74) is -0.918. The van der Waals surface area contributed by atoms with Crippen molar-refractivity contribution in [3.05, 3.63) is 81.7 Å². The summed E-state index contributed by atoms with van der Waals surface area (Å²) in [7, 11) is -2.38. The van der Waals surface area contributed by atoms with Crippen molar-refractivity contribution in [1.29, 1.82) is 0 Å². The molecule has 1 aromatic heterocycles. The predicted molar refractivity (Wildman–Crippen MR) is 124 cm³/mol. The smallest absolute Gasteiger partial charge is 0.347 e. The third-order valence-electron chi connectivity index (χ3n) is 5.74. The van der Waals surface area contributed by atoms with Crippen LogP contribution in [-0.4, -0.2) is 47.3 Å². The van der Waals surface area contributed by atoms with Gasteiger partial charge in [0.2, 0.25) is 0 Å². The molecule has 1 aliphatic rings. The van der Waals surface area contributed by atoms with Crippen LogP contribution < -0.4 is 5.32 Å². The van der Waals surface area contributed by atoms with Gasteiger partial charge in [0, 0.05) is 37.3 Å². The summed E-state index contributed by atoms with van der Waals surface area (Å²) >= 11 is 12.3. The Labute approximate surface area is 209 Å². The number of imidazole rings is 1. The number of nitrogens with zero attached hydrogens (tertiary/aromatic N) is 3. The maximum Gasteiger partial charge on any atom is 0.417 e. The van der Waals surface area contributed by atoms with Gasteiger partial charge < -0.3 is 9.88 Å². The first kappa shape index (κ1) is 25.5. The molecule has 2 aromatic carbocycles. The molecule has 0 saturated carbocycles. The second-order valence-corrected chi connectivity index (χ2v) is 10.7. The fourth-order valence-corrected chi connectivity index (χ4v) is 6.08. The number of aryl methyl sites for hydroxylation is 1. The number of sulfonamides is 1. The quantitative estimate of drug-likeness (QED) is 0.516. The zero-order valence-electron chi connectivity index (χ0n) is 18.1. The molecule has 4 rings (SSSR count). The summed E-state index contributed by atoms with van der Waals surface area (Å²) in [6.45, 7) is -0.166. The molecule has 13 heteroatoms. The average molecular weight is 547 g/mol. The fraction of sp³-hybridized carbons (Fsp3) is 0.273. The van der Waals surface area contributed by atoms with Crippen LogP contribution in [0.4, 0.5) is 13.2 Å². The van der Waals surface area contributed by atoms with Gasteiger partial charge in [-0.25, -0.2) is 13.4 Å². The standard InChI is InChI=1S/C22H19Cl2F3N4O3S/c1-30-11-19(28-12-30)35(33,34)31-9-15(13-5-2-3-8-17(13)23)18(10-31)29-21(32)14-6-4-7-16(20(14)24)22(25,26)27/h2-8,11-12,15,18H,9-10H2,1H3,(H,29,32). The van der Waals surface area contributed by atoms with Gasteiger partial charge in [0.1, 0.15) is 0 Å². The fourth-order valence-electron chi connectivity index (χ4n) is 4.03. The van der Waals surface area contributed by atoms with Crippen LogP contribution in [0.25, 0.3) is 0 Å². The lowest BCUT2D eigenvalue weighted by Gasteiger charge is -2.22. The minimum absolute atomic E-state index is 0.0239. The Bertz CT molecular complexity index is 1380. The summed E-state index contributed by atoms with van der Waals surface area (Å²) in [4.78, 5) is 16.9. The maximum absolute atomic E-state index is 13.3. The topological polar surface area (TPSA) is 84.3 Å². The Morgan fingerprint density at radius 3 is 2.46 bits per heavy atom. The largest absolute Gasteiger partial charge is 0.417 e. The molecule has 35 heavy (non-hydrogen) atoms. The van der Waals surface area contributed by atoms with E-state index in [2.05, 4.69) is 10.3 Å². The van der Waals surface area contributed by atoms with Crippen LogP contribution in [0.1, 0.15) is 27.4 Å². The number of aromatic nitrogens is 2. The second kappa shape index (κ2) is 9.45. The first-order chi connectivity index (χ1) is 16.4. The van der Waals surface area contributed by atoms with E-state index in [0.29, 0.717) is 10.6 Å². The van der Waals surface area contributed by atoms with Crippen LogP contribution in [-0.2, 0) is 23.2 Å². The molecule has 1 saturated heterocycles. The highest BCUT2D eigenvalue weighted by Gasteiger charge is 2.43. The van der Waals surface area contributed by atoms with Crippen LogP contribution in [0.5, 0.6) is 0 Å². The lowest BCUT2D eigenvalue weighted by Crippen LogP contribution is -2.40. The molecule has 186 valence electrons. The normalized spacial score (nSPS) is 19.1. The number of amides is 1. The Morgan fingerprint density at radius 2 is 1.83 bits per heavy atom. The van der Waals surface area contributed by atoms with E-state index in [9.17, 15) is 26.4 Å². The molecule has 1 amide bonds. The van der Waals surface area contributed by atoms with Crippen molar-refractivity contribution in [1.82, 2.24) is 19.2 Å². The molecule has 1 aliphatic heterocycles. The number of benzene rings is 2. The van der Waals surface area contributed by atoms with Gasteiger partial charge in [-0.3, -0.25) is 4.79 Å². The first-order valence-electron chi connectivity index (χ1n) is 10.3. The van der Waals surface area contributed by atoms with Crippen LogP contribution in [0, 0.1) is 0 Å². The van der Waals surface area contributed by atoms with Gasteiger partial charge in [0.05, 0.1) is 28.5 Å². The molecule has 1 fully saturated rings. The number of carbonyl (C=O) groups excluding carboxylic acids is 1. The highest BCUT2D eigenvalue weighted by atomic mass is 35.5. The monoisotopic (exact) mass is 546 g/mol. The van der Waals surface area contributed by atoms with Crippen LogP contribution in [0.2, 0.25) is 10.0 Å². The van der Waals surface area contributed by atoms with Crippen molar-refractivity contribution in [3.63, 3.8) is 0 Å². The Morgan fingerprint density at radius 1 is 1.11 bits per heavy atom. The number of nitrogens with one attached hydrogen (secondary N) is 1. The molecule has 0 spiro atoms. The minimum atomic E-state index is -4.74. The molecule has 2 unspecified atom stereocenters. The van der Waals surface area contributed by atoms with E-state index in [1.54, 1.807) is 31.3 Å². The van der Waals surface area contributed by atoms with Crippen molar-refractivity contribution in [3.8, 4) is 0 Å². The van der Waals surface area contributed by atoms with Crippen molar-refractivity contribution < 1.29 is 26.4 Å².